The minimum atomic E-state index is -0.388. The van der Waals surface area contributed by atoms with Gasteiger partial charge in [-0.05, 0) is 23.8 Å². The molecule has 3 aromatic rings. The molecule has 2 N–H and O–H groups in total. The number of amides is 1. The second-order valence-electron chi connectivity index (χ2n) is 5.24. The van der Waals surface area contributed by atoms with Crippen LogP contribution < -0.4 is 10.6 Å². The first-order chi connectivity index (χ1) is 12.1. The number of aromatic nitrogens is 2. The zero-order chi connectivity index (χ0) is 17.6. The molecule has 0 aliphatic carbocycles. The van der Waals surface area contributed by atoms with Crippen molar-refractivity contribution in [1.82, 2.24) is 9.97 Å². The maximum absolute atomic E-state index is 12.2. The van der Waals surface area contributed by atoms with Crippen molar-refractivity contribution >= 4 is 40.6 Å². The number of nitrogens with one attached hydrogen (secondary N) is 2. The van der Waals surface area contributed by atoms with Crippen molar-refractivity contribution in [1.29, 1.82) is 0 Å². The first-order valence-corrected chi connectivity index (χ1v) is 8.23. The highest BCUT2D eigenvalue weighted by Crippen LogP contribution is 2.22. The molecular formula is C18H14Cl2N4O. The first-order valence-electron chi connectivity index (χ1n) is 7.47. The van der Waals surface area contributed by atoms with Gasteiger partial charge in [-0.25, -0.2) is 9.97 Å². The lowest BCUT2D eigenvalue weighted by molar-refractivity contribution is 0.102. The summed E-state index contributed by atoms with van der Waals surface area (Å²) in [5.74, 6) is 0.201. The summed E-state index contributed by atoms with van der Waals surface area (Å²) < 4.78 is 0. The van der Waals surface area contributed by atoms with E-state index < -0.39 is 0 Å². The Balaban J connectivity index is 1.62. The van der Waals surface area contributed by atoms with Crippen molar-refractivity contribution in [3.05, 3.63) is 82.2 Å². The Morgan fingerprint density at radius 2 is 1.68 bits per heavy atom. The second-order valence-corrected chi connectivity index (χ2v) is 6.11. The molecule has 0 unspecified atom stereocenters. The third-order valence-electron chi connectivity index (χ3n) is 3.32. The molecule has 0 bridgehead atoms. The van der Waals surface area contributed by atoms with Crippen LogP contribution in [0.4, 0.5) is 11.5 Å². The number of carbonyl (C=O) groups excluding carboxylic acids is 1. The first kappa shape index (κ1) is 17.2. The van der Waals surface area contributed by atoms with E-state index in [0.717, 1.165) is 5.56 Å². The molecule has 0 spiro atoms. The molecule has 1 amide bonds. The van der Waals surface area contributed by atoms with Crippen molar-refractivity contribution in [3.63, 3.8) is 0 Å². The Labute approximate surface area is 155 Å². The molecule has 3 rings (SSSR count). The average Bonchev–Trinajstić information content (AvgIpc) is 2.60. The van der Waals surface area contributed by atoms with Crippen molar-refractivity contribution in [2.75, 3.05) is 10.6 Å². The molecule has 0 saturated heterocycles. The number of anilines is 2. The third-order valence-corrected chi connectivity index (χ3v) is 3.76. The number of benzene rings is 2. The predicted molar refractivity (Wildman–Crippen MR) is 100 cm³/mol. The number of nitrogens with zero attached hydrogens (tertiary/aromatic N) is 2. The topological polar surface area (TPSA) is 66.9 Å². The Morgan fingerprint density at radius 3 is 2.32 bits per heavy atom. The zero-order valence-corrected chi connectivity index (χ0v) is 14.6. The molecule has 1 heterocycles. The summed E-state index contributed by atoms with van der Waals surface area (Å²) in [6.45, 7) is 0.627. The lowest BCUT2D eigenvalue weighted by Crippen LogP contribution is -2.14. The Hall–Kier alpha value is -2.63. The minimum Gasteiger partial charge on any atom is -0.365 e. The summed E-state index contributed by atoms with van der Waals surface area (Å²) in [7, 11) is 0. The summed E-state index contributed by atoms with van der Waals surface area (Å²) in [6.07, 6.45) is 2.93. The molecule has 126 valence electrons. The van der Waals surface area contributed by atoms with Gasteiger partial charge >= 0.3 is 0 Å². The number of carbonyl (C=O) groups is 1. The van der Waals surface area contributed by atoms with Gasteiger partial charge < -0.3 is 10.6 Å². The van der Waals surface area contributed by atoms with Crippen LogP contribution in [0, 0.1) is 0 Å². The van der Waals surface area contributed by atoms with E-state index in [1.54, 1.807) is 18.2 Å². The molecule has 1 aromatic heterocycles. The Bertz CT molecular complexity index is 850. The molecule has 0 saturated carbocycles. The van der Waals surface area contributed by atoms with Gasteiger partial charge in [0.15, 0.2) is 0 Å². The van der Waals surface area contributed by atoms with Crippen LogP contribution in [0.15, 0.2) is 60.9 Å². The summed E-state index contributed by atoms with van der Waals surface area (Å²) >= 11 is 11.8. The number of hydrogen-bond acceptors (Lipinski definition) is 4. The van der Waals surface area contributed by atoms with Gasteiger partial charge in [0.1, 0.15) is 11.5 Å². The Morgan fingerprint density at radius 1 is 0.960 bits per heavy atom. The summed E-state index contributed by atoms with van der Waals surface area (Å²) in [5, 5.41) is 6.72. The SMILES string of the molecule is O=C(Nc1cc(Cl)cc(Cl)c1)c1cnc(NCc2ccccc2)cn1. The fourth-order valence-corrected chi connectivity index (χ4v) is 2.67. The van der Waals surface area contributed by atoms with E-state index in [4.69, 9.17) is 23.2 Å². The van der Waals surface area contributed by atoms with Crippen LogP contribution in [-0.4, -0.2) is 15.9 Å². The van der Waals surface area contributed by atoms with Gasteiger partial charge in [0.2, 0.25) is 0 Å². The molecule has 5 nitrogen and oxygen atoms in total. The van der Waals surface area contributed by atoms with Gasteiger partial charge in [0.25, 0.3) is 5.91 Å². The summed E-state index contributed by atoms with van der Waals surface area (Å²) in [4.78, 5) is 20.5. The van der Waals surface area contributed by atoms with E-state index in [9.17, 15) is 4.79 Å². The molecule has 25 heavy (non-hydrogen) atoms. The summed E-state index contributed by atoms with van der Waals surface area (Å²) in [5.41, 5.74) is 1.82. The second kappa shape index (κ2) is 7.96. The maximum Gasteiger partial charge on any atom is 0.275 e. The van der Waals surface area contributed by atoms with Crippen LogP contribution in [0.1, 0.15) is 16.1 Å². The fraction of sp³-hybridized carbons (Fsp3) is 0.0556. The number of halogens is 2. The highest BCUT2D eigenvalue weighted by Gasteiger charge is 2.09. The average molecular weight is 373 g/mol. The molecule has 0 aliphatic heterocycles. The van der Waals surface area contributed by atoms with E-state index in [2.05, 4.69) is 20.6 Å². The molecule has 0 radical (unpaired) electrons. The standard InChI is InChI=1S/C18H14Cl2N4O/c19-13-6-14(20)8-15(7-13)24-18(25)16-10-23-17(11-21-16)22-9-12-4-2-1-3-5-12/h1-8,10-11H,9H2,(H,22,23)(H,24,25). The van der Waals surface area contributed by atoms with E-state index in [0.29, 0.717) is 28.1 Å². The van der Waals surface area contributed by atoms with Gasteiger partial charge in [-0.2, -0.15) is 0 Å². The van der Waals surface area contributed by atoms with Crippen LogP contribution in [0.5, 0.6) is 0 Å². The summed E-state index contributed by atoms with van der Waals surface area (Å²) in [6, 6.07) is 14.7. The molecule has 0 aliphatic rings. The predicted octanol–water partition coefficient (Wildman–Crippen LogP) is 4.65. The molecular weight excluding hydrogens is 359 g/mol. The highest BCUT2D eigenvalue weighted by atomic mass is 35.5. The van der Waals surface area contributed by atoms with E-state index in [-0.39, 0.29) is 11.6 Å². The van der Waals surface area contributed by atoms with Gasteiger partial charge in [0.05, 0.1) is 12.4 Å². The van der Waals surface area contributed by atoms with Crippen LogP contribution >= 0.6 is 23.2 Å². The molecule has 0 fully saturated rings. The van der Waals surface area contributed by atoms with Crippen molar-refractivity contribution in [2.45, 2.75) is 6.54 Å². The molecule has 0 atom stereocenters. The molecule has 7 heteroatoms. The van der Waals surface area contributed by atoms with E-state index in [1.165, 1.54) is 12.4 Å². The van der Waals surface area contributed by atoms with Gasteiger partial charge in [-0.1, -0.05) is 53.5 Å². The Kier molecular flexibility index (Phi) is 5.48. The smallest absolute Gasteiger partial charge is 0.275 e. The van der Waals surface area contributed by atoms with Gasteiger partial charge in [0, 0.05) is 22.3 Å². The van der Waals surface area contributed by atoms with Gasteiger partial charge in [-0.3, -0.25) is 4.79 Å². The maximum atomic E-state index is 12.2. The normalized spacial score (nSPS) is 10.3. The van der Waals surface area contributed by atoms with Crippen LogP contribution in [0.25, 0.3) is 0 Å². The largest absolute Gasteiger partial charge is 0.365 e. The van der Waals surface area contributed by atoms with Crippen molar-refractivity contribution in [3.8, 4) is 0 Å². The minimum absolute atomic E-state index is 0.196. The fourth-order valence-electron chi connectivity index (χ4n) is 2.15. The number of rotatable bonds is 5. The van der Waals surface area contributed by atoms with Crippen molar-refractivity contribution < 1.29 is 4.79 Å². The monoisotopic (exact) mass is 372 g/mol. The zero-order valence-electron chi connectivity index (χ0n) is 13.0. The highest BCUT2D eigenvalue weighted by molar-refractivity contribution is 6.35. The quantitative estimate of drug-likeness (QED) is 0.683. The van der Waals surface area contributed by atoms with E-state index in [1.807, 2.05) is 30.3 Å². The van der Waals surface area contributed by atoms with Gasteiger partial charge in [-0.15, -0.1) is 0 Å². The van der Waals surface area contributed by atoms with E-state index >= 15 is 0 Å². The molecule has 2 aromatic carbocycles. The van der Waals surface area contributed by atoms with Crippen LogP contribution in [-0.2, 0) is 6.54 Å². The van der Waals surface area contributed by atoms with Crippen LogP contribution in [0.2, 0.25) is 10.0 Å². The lowest BCUT2D eigenvalue weighted by Gasteiger charge is -2.07. The lowest BCUT2D eigenvalue weighted by atomic mass is 10.2. The van der Waals surface area contributed by atoms with Crippen molar-refractivity contribution in [2.24, 2.45) is 0 Å². The third kappa shape index (κ3) is 4.92. The van der Waals surface area contributed by atoms with Crippen LogP contribution in [0.3, 0.4) is 0 Å². The number of hydrogen-bond donors (Lipinski definition) is 2.